The smallest absolute Gasteiger partial charge is 0.344 e. The van der Waals surface area contributed by atoms with Crippen LogP contribution in [0, 0.1) is 11.6 Å². The van der Waals surface area contributed by atoms with Gasteiger partial charge in [-0.3, -0.25) is 0 Å². The van der Waals surface area contributed by atoms with E-state index in [1.54, 1.807) is 11.4 Å². The van der Waals surface area contributed by atoms with Crippen molar-refractivity contribution in [3.05, 3.63) is 46.8 Å². The lowest BCUT2D eigenvalue weighted by atomic mass is 10.1. The minimum Gasteiger partial charge on any atom is -0.462 e. The Balaban J connectivity index is 2.60. The molecule has 0 spiro atoms. The molecule has 9 heteroatoms. The number of hydrogen-bond acceptors (Lipinski definition) is 5. The van der Waals surface area contributed by atoms with E-state index in [4.69, 9.17) is 0 Å². The van der Waals surface area contributed by atoms with Crippen LogP contribution in [0.3, 0.4) is 0 Å². The van der Waals surface area contributed by atoms with E-state index >= 15 is 0 Å². The molecule has 0 bridgehead atoms. The van der Waals surface area contributed by atoms with E-state index in [0.717, 1.165) is 23.5 Å². The summed E-state index contributed by atoms with van der Waals surface area (Å²) in [6.07, 6.45) is 0. The molecule has 0 unspecified atom stereocenters. The standard InChI is InChI=1S/C13H11F2NO4S2/c1-2-20-13(17)11-8(14)5-6-9(12(11)15)16(22(18)19)10-4-3-7-21-10/h3-7,22H,2H2,1H3. The van der Waals surface area contributed by atoms with Gasteiger partial charge in [0.05, 0.1) is 12.3 Å². The fraction of sp³-hybridized carbons (Fsp3) is 0.154. The molecule has 0 aliphatic heterocycles. The van der Waals surface area contributed by atoms with Crippen molar-refractivity contribution in [1.82, 2.24) is 0 Å². The van der Waals surface area contributed by atoms with Crippen LogP contribution in [0.4, 0.5) is 19.5 Å². The minimum absolute atomic E-state index is 0.0631. The van der Waals surface area contributed by atoms with Crippen LogP contribution in [0.15, 0.2) is 29.6 Å². The molecule has 0 amide bonds. The maximum atomic E-state index is 14.5. The number of rotatable bonds is 5. The highest BCUT2D eigenvalue weighted by atomic mass is 32.2. The Morgan fingerprint density at radius 1 is 1.32 bits per heavy atom. The summed E-state index contributed by atoms with van der Waals surface area (Å²) in [6, 6.07) is 4.82. The lowest BCUT2D eigenvalue weighted by molar-refractivity contribution is 0.0515. The van der Waals surface area contributed by atoms with Gasteiger partial charge in [0.2, 0.25) is 10.9 Å². The summed E-state index contributed by atoms with van der Waals surface area (Å²) < 4.78 is 56.3. The number of thiophene rings is 1. The third kappa shape index (κ3) is 3.09. The number of carbonyl (C=O) groups excluding carboxylic acids is 1. The topological polar surface area (TPSA) is 63.7 Å². The molecule has 0 radical (unpaired) electrons. The second-order valence-electron chi connectivity index (χ2n) is 3.98. The molecule has 0 aliphatic carbocycles. The first kappa shape index (κ1) is 16.4. The molecule has 0 atom stereocenters. The van der Waals surface area contributed by atoms with Crippen molar-refractivity contribution in [2.45, 2.75) is 6.92 Å². The predicted molar refractivity (Wildman–Crippen MR) is 79.1 cm³/mol. The summed E-state index contributed by atoms with van der Waals surface area (Å²) in [5.41, 5.74) is -1.36. The van der Waals surface area contributed by atoms with Crippen LogP contribution < -0.4 is 4.31 Å². The summed E-state index contributed by atoms with van der Waals surface area (Å²) in [7, 11) is -3.23. The van der Waals surface area contributed by atoms with Gasteiger partial charge in [-0.2, -0.15) is 0 Å². The second-order valence-corrected chi connectivity index (χ2v) is 5.78. The molecule has 1 heterocycles. The largest absolute Gasteiger partial charge is 0.462 e. The van der Waals surface area contributed by atoms with Crippen LogP contribution in [0.25, 0.3) is 0 Å². The molecular formula is C13H11F2NO4S2. The van der Waals surface area contributed by atoms with E-state index in [-0.39, 0.29) is 11.6 Å². The summed E-state index contributed by atoms with van der Waals surface area (Å²) in [4.78, 5) is 11.6. The highest BCUT2D eigenvalue weighted by molar-refractivity contribution is 7.74. The lowest BCUT2D eigenvalue weighted by Crippen LogP contribution is -2.18. The lowest BCUT2D eigenvalue weighted by Gasteiger charge is -2.17. The maximum absolute atomic E-state index is 14.5. The van der Waals surface area contributed by atoms with Crippen molar-refractivity contribution in [1.29, 1.82) is 0 Å². The normalized spacial score (nSPS) is 10.7. The zero-order valence-electron chi connectivity index (χ0n) is 11.3. The Morgan fingerprint density at radius 2 is 2.05 bits per heavy atom. The van der Waals surface area contributed by atoms with Crippen molar-refractivity contribution in [3.8, 4) is 0 Å². The van der Waals surface area contributed by atoms with E-state index in [0.29, 0.717) is 4.31 Å². The van der Waals surface area contributed by atoms with Crippen molar-refractivity contribution < 1.29 is 26.7 Å². The van der Waals surface area contributed by atoms with Crippen LogP contribution in [-0.2, 0) is 15.6 Å². The quantitative estimate of drug-likeness (QED) is 0.667. The zero-order chi connectivity index (χ0) is 16.3. The summed E-state index contributed by atoms with van der Waals surface area (Å²) in [6.45, 7) is 1.43. The van der Waals surface area contributed by atoms with Gasteiger partial charge in [-0.1, -0.05) is 0 Å². The molecule has 0 saturated heterocycles. The van der Waals surface area contributed by atoms with Gasteiger partial charge in [0, 0.05) is 0 Å². The first-order valence-electron chi connectivity index (χ1n) is 6.10. The average Bonchev–Trinajstić information content (AvgIpc) is 2.95. The van der Waals surface area contributed by atoms with Gasteiger partial charge in [-0.05, 0) is 36.6 Å². The van der Waals surface area contributed by atoms with Gasteiger partial charge in [0.1, 0.15) is 16.4 Å². The average molecular weight is 347 g/mol. The van der Waals surface area contributed by atoms with Crippen molar-refractivity contribution >= 4 is 38.9 Å². The molecule has 1 aromatic carbocycles. The van der Waals surface area contributed by atoms with E-state index < -0.39 is 39.7 Å². The third-order valence-electron chi connectivity index (χ3n) is 2.66. The fourth-order valence-corrected chi connectivity index (χ4v) is 3.32. The van der Waals surface area contributed by atoms with E-state index in [1.165, 1.54) is 13.0 Å². The molecule has 1 aromatic heterocycles. The number of thiol groups is 1. The minimum atomic E-state index is -3.23. The monoisotopic (exact) mass is 347 g/mol. The van der Waals surface area contributed by atoms with E-state index in [9.17, 15) is 22.0 Å². The number of benzene rings is 1. The predicted octanol–water partition coefficient (Wildman–Crippen LogP) is 2.87. The van der Waals surface area contributed by atoms with Gasteiger partial charge in [0.25, 0.3) is 0 Å². The van der Waals surface area contributed by atoms with E-state index in [1.807, 2.05) is 0 Å². The Labute approximate surface area is 130 Å². The number of ether oxygens (including phenoxy) is 1. The van der Waals surface area contributed by atoms with Crippen LogP contribution in [-0.4, -0.2) is 21.0 Å². The van der Waals surface area contributed by atoms with Gasteiger partial charge >= 0.3 is 5.97 Å². The Kier molecular flexibility index (Phi) is 5.09. The van der Waals surface area contributed by atoms with Crippen LogP contribution in [0.2, 0.25) is 0 Å². The number of halogens is 2. The Bertz CT molecular complexity index is 752. The van der Waals surface area contributed by atoms with Gasteiger partial charge in [-0.25, -0.2) is 26.3 Å². The van der Waals surface area contributed by atoms with Crippen LogP contribution in [0.5, 0.6) is 0 Å². The van der Waals surface area contributed by atoms with Crippen LogP contribution >= 0.6 is 11.3 Å². The molecular weight excluding hydrogens is 336 g/mol. The Hall–Kier alpha value is -2.00. The third-order valence-corrected chi connectivity index (χ3v) is 4.40. The maximum Gasteiger partial charge on any atom is 0.344 e. The number of hydrogen-bond donors (Lipinski definition) is 1. The summed E-state index contributed by atoms with van der Waals surface area (Å²) in [5.74, 6) is -3.59. The Morgan fingerprint density at radius 3 is 2.59 bits per heavy atom. The molecule has 0 aliphatic rings. The van der Waals surface area contributed by atoms with Crippen molar-refractivity contribution in [2.24, 2.45) is 0 Å². The molecule has 2 rings (SSSR count). The summed E-state index contributed by atoms with van der Waals surface area (Å²) in [5, 5.41) is 1.82. The molecule has 118 valence electrons. The molecule has 0 saturated carbocycles. The highest BCUT2D eigenvalue weighted by Crippen LogP contribution is 2.33. The van der Waals surface area contributed by atoms with Crippen LogP contribution in [0.1, 0.15) is 17.3 Å². The SMILES string of the molecule is CCOC(=O)c1c(F)ccc(N(c2cccs2)[SH](=O)=O)c1F. The zero-order valence-corrected chi connectivity index (χ0v) is 13.0. The first-order valence-corrected chi connectivity index (χ1v) is 8.11. The highest BCUT2D eigenvalue weighted by Gasteiger charge is 2.26. The molecule has 5 nitrogen and oxygen atoms in total. The van der Waals surface area contributed by atoms with Crippen molar-refractivity contribution in [3.63, 3.8) is 0 Å². The molecule has 0 N–H and O–H groups in total. The van der Waals surface area contributed by atoms with Crippen molar-refractivity contribution in [2.75, 3.05) is 10.9 Å². The van der Waals surface area contributed by atoms with Gasteiger partial charge in [0.15, 0.2) is 5.82 Å². The first-order chi connectivity index (χ1) is 10.5. The summed E-state index contributed by atoms with van der Waals surface area (Å²) >= 11 is 1.06. The number of esters is 1. The molecule has 22 heavy (non-hydrogen) atoms. The second kappa shape index (κ2) is 6.84. The fourth-order valence-electron chi connectivity index (χ4n) is 1.77. The van der Waals surface area contributed by atoms with Gasteiger partial charge < -0.3 is 4.74 Å². The number of nitrogens with zero attached hydrogens (tertiary/aromatic N) is 1. The number of anilines is 2. The van der Waals surface area contributed by atoms with Gasteiger partial charge in [-0.15, -0.1) is 11.3 Å². The molecule has 0 fully saturated rings. The number of carbonyl (C=O) groups is 1. The van der Waals surface area contributed by atoms with E-state index in [2.05, 4.69) is 4.74 Å². The molecule has 2 aromatic rings.